The number of aliphatic hydroxyl groups is 1. The molecule has 7 heteroatoms. The number of hydrazine groups is 1. The summed E-state index contributed by atoms with van der Waals surface area (Å²) in [4.78, 5) is 13.6. The summed E-state index contributed by atoms with van der Waals surface area (Å²) in [5.41, 5.74) is 8.98. The van der Waals surface area contributed by atoms with Gasteiger partial charge in [-0.2, -0.15) is 0 Å². The molecule has 100 valence electrons. The van der Waals surface area contributed by atoms with Crippen molar-refractivity contribution in [3.8, 4) is 11.1 Å². The fraction of sp³-hybridized carbons (Fsp3) is 0.0833. The maximum atomic E-state index is 13.5. The van der Waals surface area contributed by atoms with E-state index in [1.54, 1.807) is 0 Å². The average Bonchev–Trinajstić information content (AvgIpc) is 2.40. The van der Waals surface area contributed by atoms with Crippen molar-refractivity contribution >= 4 is 11.4 Å². The molecule has 0 amide bonds. The molecule has 0 aliphatic carbocycles. The van der Waals surface area contributed by atoms with E-state index in [1.807, 2.05) is 0 Å². The van der Waals surface area contributed by atoms with E-state index in [0.29, 0.717) is 16.7 Å². The molecule has 0 fully saturated rings. The smallest absolute Gasteiger partial charge is 0.271 e. The third-order valence-electron chi connectivity index (χ3n) is 2.77. The van der Waals surface area contributed by atoms with E-state index in [4.69, 9.17) is 11.6 Å². The van der Waals surface area contributed by atoms with Gasteiger partial charge >= 0.3 is 0 Å². The predicted molar refractivity (Wildman–Crippen MR) is 70.6 cm³/mol. The first-order chi connectivity index (χ1) is 9.06. The number of aromatic amines is 1. The highest BCUT2D eigenvalue weighted by molar-refractivity contribution is 5.75. The van der Waals surface area contributed by atoms with Gasteiger partial charge in [-0.3, -0.25) is 10.6 Å². The number of halogens is 1. The molecule has 6 nitrogen and oxygen atoms in total. The van der Waals surface area contributed by atoms with Gasteiger partial charge in [-0.05, 0) is 23.8 Å². The van der Waals surface area contributed by atoms with Crippen LogP contribution in [0, 0.1) is 5.82 Å². The van der Waals surface area contributed by atoms with Crippen molar-refractivity contribution in [3.05, 3.63) is 46.1 Å². The molecule has 1 heterocycles. The highest BCUT2D eigenvalue weighted by atomic mass is 19.1. The first kappa shape index (κ1) is 13.1. The first-order valence-electron chi connectivity index (χ1n) is 5.45. The molecule has 0 radical (unpaired) electrons. The first-order valence-corrected chi connectivity index (χ1v) is 5.45. The summed E-state index contributed by atoms with van der Waals surface area (Å²) in [7, 11) is 0. The Hall–Kier alpha value is -2.38. The minimum absolute atomic E-state index is 0.00732. The van der Waals surface area contributed by atoms with Gasteiger partial charge in [0.15, 0.2) is 0 Å². The molecule has 0 atom stereocenters. The minimum Gasteiger partial charge on any atom is -0.394 e. The van der Waals surface area contributed by atoms with Gasteiger partial charge in [0.25, 0.3) is 5.56 Å². The van der Waals surface area contributed by atoms with Crippen molar-refractivity contribution in [2.45, 2.75) is 6.61 Å². The van der Waals surface area contributed by atoms with Crippen LogP contribution in [0.1, 0.15) is 5.56 Å². The van der Waals surface area contributed by atoms with E-state index in [2.05, 4.69) is 10.4 Å². The molecule has 0 saturated heterocycles. The number of hydrogen-bond acceptors (Lipinski definition) is 5. The number of aromatic nitrogens is 1. The number of pyridine rings is 1. The summed E-state index contributed by atoms with van der Waals surface area (Å²) in [6, 6.07) is 3.82. The molecule has 2 rings (SSSR count). The number of hydrogen-bond donors (Lipinski definition) is 5. The van der Waals surface area contributed by atoms with Crippen LogP contribution in [0.15, 0.2) is 29.2 Å². The van der Waals surface area contributed by atoms with Gasteiger partial charge in [0.2, 0.25) is 0 Å². The molecule has 0 aliphatic heterocycles. The zero-order valence-corrected chi connectivity index (χ0v) is 9.90. The SMILES string of the molecule is NNc1cc(F)cc(-c2c[nH]c(=O)c(N)c2)c1CO. The Balaban J connectivity index is 2.69. The molecule has 0 saturated carbocycles. The summed E-state index contributed by atoms with van der Waals surface area (Å²) >= 11 is 0. The zero-order valence-electron chi connectivity index (χ0n) is 9.90. The molecule has 0 spiro atoms. The summed E-state index contributed by atoms with van der Waals surface area (Å²) in [5, 5.41) is 9.39. The quantitative estimate of drug-likeness (QED) is 0.410. The molecule has 19 heavy (non-hydrogen) atoms. The van der Waals surface area contributed by atoms with Crippen molar-refractivity contribution < 1.29 is 9.50 Å². The van der Waals surface area contributed by atoms with Crippen molar-refractivity contribution in [3.63, 3.8) is 0 Å². The van der Waals surface area contributed by atoms with Gasteiger partial charge in [0.1, 0.15) is 5.82 Å². The Labute approximate surface area is 107 Å². The monoisotopic (exact) mass is 264 g/mol. The third-order valence-corrected chi connectivity index (χ3v) is 2.77. The molecule has 2 aromatic rings. The highest BCUT2D eigenvalue weighted by Crippen LogP contribution is 2.30. The van der Waals surface area contributed by atoms with Gasteiger partial charge < -0.3 is 21.2 Å². The van der Waals surface area contributed by atoms with E-state index < -0.39 is 11.4 Å². The summed E-state index contributed by atoms with van der Waals surface area (Å²) in [6.45, 7) is -0.339. The van der Waals surface area contributed by atoms with E-state index in [0.717, 1.165) is 0 Å². The second-order valence-electron chi connectivity index (χ2n) is 3.95. The lowest BCUT2D eigenvalue weighted by Gasteiger charge is -2.13. The Morgan fingerprint density at radius 2 is 2.11 bits per heavy atom. The summed E-state index contributed by atoms with van der Waals surface area (Å²) in [5.74, 6) is 4.76. The summed E-state index contributed by atoms with van der Waals surface area (Å²) < 4.78 is 13.5. The van der Waals surface area contributed by atoms with Crippen LogP contribution >= 0.6 is 0 Å². The average molecular weight is 264 g/mol. The Morgan fingerprint density at radius 1 is 1.37 bits per heavy atom. The third kappa shape index (κ3) is 2.42. The van der Waals surface area contributed by atoms with Crippen LogP contribution in [0.3, 0.4) is 0 Å². The molecule has 0 aliphatic rings. The van der Waals surface area contributed by atoms with Gasteiger partial charge in [0.05, 0.1) is 18.0 Å². The van der Waals surface area contributed by atoms with Crippen LogP contribution < -0.4 is 22.6 Å². The minimum atomic E-state index is -0.523. The summed E-state index contributed by atoms with van der Waals surface area (Å²) in [6.07, 6.45) is 1.40. The number of anilines is 2. The number of benzene rings is 1. The van der Waals surface area contributed by atoms with Crippen LogP contribution in [0.4, 0.5) is 15.8 Å². The topological polar surface area (TPSA) is 117 Å². The Bertz CT molecular complexity index is 669. The number of aliphatic hydroxyl groups excluding tert-OH is 1. The van der Waals surface area contributed by atoms with Gasteiger partial charge in [-0.1, -0.05) is 0 Å². The molecular weight excluding hydrogens is 251 g/mol. The number of nitrogen functional groups attached to an aromatic ring is 2. The fourth-order valence-corrected chi connectivity index (χ4v) is 1.85. The highest BCUT2D eigenvalue weighted by Gasteiger charge is 2.12. The lowest BCUT2D eigenvalue weighted by Crippen LogP contribution is -2.12. The second kappa shape index (κ2) is 5.09. The number of nitrogens with two attached hydrogens (primary N) is 2. The van der Waals surface area contributed by atoms with Gasteiger partial charge in [0, 0.05) is 17.3 Å². The van der Waals surface area contributed by atoms with E-state index >= 15 is 0 Å². The van der Waals surface area contributed by atoms with Crippen LogP contribution in [-0.4, -0.2) is 10.1 Å². The number of H-pyrrole nitrogens is 1. The maximum Gasteiger partial charge on any atom is 0.271 e. The van der Waals surface area contributed by atoms with Gasteiger partial charge in [-0.15, -0.1) is 0 Å². The standard InChI is InChI=1S/C12H13FN4O2/c13-7-2-8(9(5-18)11(3-7)17-15)6-1-10(14)12(19)16-4-6/h1-4,17-18H,5,14-15H2,(H,16,19). The van der Waals surface area contributed by atoms with Crippen molar-refractivity contribution in [1.29, 1.82) is 0 Å². The van der Waals surface area contributed by atoms with Crippen LogP contribution in [0.2, 0.25) is 0 Å². The molecule has 0 bridgehead atoms. The maximum absolute atomic E-state index is 13.5. The van der Waals surface area contributed by atoms with E-state index in [9.17, 15) is 14.3 Å². The second-order valence-corrected chi connectivity index (χ2v) is 3.95. The van der Waals surface area contributed by atoms with Crippen LogP contribution in [-0.2, 0) is 6.61 Å². The van der Waals surface area contributed by atoms with E-state index in [1.165, 1.54) is 24.4 Å². The largest absolute Gasteiger partial charge is 0.394 e. The number of nitrogens with one attached hydrogen (secondary N) is 2. The van der Waals surface area contributed by atoms with Crippen LogP contribution in [0.5, 0.6) is 0 Å². The Morgan fingerprint density at radius 3 is 2.68 bits per heavy atom. The normalized spacial score (nSPS) is 10.5. The van der Waals surface area contributed by atoms with Crippen molar-refractivity contribution in [1.82, 2.24) is 4.98 Å². The molecule has 7 N–H and O–H groups in total. The van der Waals surface area contributed by atoms with Gasteiger partial charge in [-0.25, -0.2) is 4.39 Å². The zero-order chi connectivity index (χ0) is 14.0. The lowest BCUT2D eigenvalue weighted by atomic mass is 9.99. The van der Waals surface area contributed by atoms with E-state index in [-0.39, 0.29) is 18.0 Å². The molecule has 1 aromatic carbocycles. The van der Waals surface area contributed by atoms with Crippen molar-refractivity contribution in [2.75, 3.05) is 11.2 Å². The molecule has 1 aromatic heterocycles. The Kier molecular flexibility index (Phi) is 3.50. The predicted octanol–water partition coefficient (Wildman–Crippen LogP) is 0.541. The van der Waals surface area contributed by atoms with Crippen molar-refractivity contribution in [2.24, 2.45) is 5.84 Å². The molecule has 0 unspecified atom stereocenters. The molecular formula is C12H13FN4O2. The number of rotatable bonds is 3. The van der Waals surface area contributed by atoms with Crippen LogP contribution in [0.25, 0.3) is 11.1 Å². The lowest BCUT2D eigenvalue weighted by molar-refractivity contribution is 0.283. The fourth-order valence-electron chi connectivity index (χ4n) is 1.85.